The van der Waals surface area contributed by atoms with Crippen LogP contribution in [0.4, 0.5) is 5.69 Å². The molecule has 1 aliphatic heterocycles. The van der Waals surface area contributed by atoms with Crippen LogP contribution in [0.5, 0.6) is 5.75 Å². The molecule has 7 nitrogen and oxygen atoms in total. The molecule has 1 saturated heterocycles. The number of carbonyl (C=O) groups excluding carboxylic acids is 1. The summed E-state index contributed by atoms with van der Waals surface area (Å²) in [6.45, 7) is 3.84. The lowest BCUT2D eigenvalue weighted by Crippen LogP contribution is -2.38. The lowest BCUT2D eigenvalue weighted by molar-refractivity contribution is -0.117. The number of piperidine rings is 1. The second-order valence-corrected chi connectivity index (χ2v) is 8.10. The van der Waals surface area contributed by atoms with Gasteiger partial charge in [0.1, 0.15) is 5.75 Å². The summed E-state index contributed by atoms with van der Waals surface area (Å²) in [4.78, 5) is 19.2. The Labute approximate surface area is 186 Å². The highest BCUT2D eigenvalue weighted by Crippen LogP contribution is 2.29. The van der Waals surface area contributed by atoms with Crippen LogP contribution in [0.25, 0.3) is 11.4 Å². The summed E-state index contributed by atoms with van der Waals surface area (Å²) in [5.74, 6) is 2.19. The maximum atomic E-state index is 12.5. The number of hydrogen-bond acceptors (Lipinski definition) is 6. The number of benzene rings is 2. The predicted molar refractivity (Wildman–Crippen MR) is 120 cm³/mol. The second-order valence-electron chi connectivity index (χ2n) is 7.70. The van der Waals surface area contributed by atoms with Crippen LogP contribution < -0.4 is 10.1 Å². The summed E-state index contributed by atoms with van der Waals surface area (Å²) in [5.41, 5.74) is 2.52. The van der Waals surface area contributed by atoms with Gasteiger partial charge in [0, 0.05) is 22.2 Å². The topological polar surface area (TPSA) is 80.5 Å². The molecular formula is C23H25ClN4O3. The molecule has 31 heavy (non-hydrogen) atoms. The molecule has 0 radical (unpaired) electrons. The van der Waals surface area contributed by atoms with Gasteiger partial charge >= 0.3 is 0 Å². The minimum absolute atomic E-state index is 0.0385. The highest BCUT2D eigenvalue weighted by molar-refractivity contribution is 6.31. The zero-order valence-electron chi connectivity index (χ0n) is 17.6. The lowest BCUT2D eigenvalue weighted by atomic mass is 9.97. The number of anilines is 1. The molecule has 0 spiro atoms. The molecule has 3 aromatic rings. The van der Waals surface area contributed by atoms with Gasteiger partial charge in [-0.3, -0.25) is 9.69 Å². The zero-order chi connectivity index (χ0) is 21.8. The molecule has 1 aliphatic rings. The summed E-state index contributed by atoms with van der Waals surface area (Å²) in [5, 5.41) is 7.73. The Bertz CT molecular complexity index is 1040. The molecule has 2 aromatic carbocycles. The van der Waals surface area contributed by atoms with Crippen molar-refractivity contribution >= 4 is 23.2 Å². The Morgan fingerprint density at radius 2 is 1.97 bits per heavy atom. The van der Waals surface area contributed by atoms with Gasteiger partial charge in [-0.1, -0.05) is 22.8 Å². The van der Waals surface area contributed by atoms with Crippen molar-refractivity contribution in [2.75, 3.05) is 32.1 Å². The molecule has 1 amide bonds. The number of halogens is 1. The molecule has 0 aliphatic carbocycles. The first-order chi connectivity index (χ1) is 15.0. The van der Waals surface area contributed by atoms with E-state index >= 15 is 0 Å². The minimum atomic E-state index is -0.0385. The number of nitrogens with zero attached hydrogens (tertiary/aromatic N) is 3. The number of nitrogens with one attached hydrogen (secondary N) is 1. The fraction of sp³-hybridized carbons (Fsp3) is 0.348. The van der Waals surface area contributed by atoms with Crippen LogP contribution in [-0.4, -0.2) is 47.7 Å². The van der Waals surface area contributed by atoms with Gasteiger partial charge in [-0.15, -0.1) is 0 Å². The van der Waals surface area contributed by atoms with Crippen LogP contribution >= 0.6 is 11.6 Å². The van der Waals surface area contributed by atoms with Gasteiger partial charge in [0.2, 0.25) is 17.6 Å². The number of amides is 1. The molecule has 8 heteroatoms. The number of aromatic nitrogens is 2. The molecule has 4 rings (SSSR count). The summed E-state index contributed by atoms with van der Waals surface area (Å²) in [6, 6.07) is 13.1. The predicted octanol–water partition coefficient (Wildman–Crippen LogP) is 4.53. The van der Waals surface area contributed by atoms with E-state index in [1.165, 1.54) is 0 Å². The number of likely N-dealkylation sites (tertiary alicyclic amines) is 1. The Morgan fingerprint density at radius 1 is 1.23 bits per heavy atom. The van der Waals surface area contributed by atoms with Gasteiger partial charge in [0.15, 0.2) is 0 Å². The van der Waals surface area contributed by atoms with E-state index < -0.39 is 0 Å². The fourth-order valence-corrected chi connectivity index (χ4v) is 3.91. The van der Waals surface area contributed by atoms with E-state index in [1.54, 1.807) is 7.11 Å². The smallest absolute Gasteiger partial charge is 0.238 e. The van der Waals surface area contributed by atoms with Crippen LogP contribution in [0, 0.1) is 6.92 Å². The zero-order valence-corrected chi connectivity index (χ0v) is 18.4. The Morgan fingerprint density at radius 3 is 2.68 bits per heavy atom. The van der Waals surface area contributed by atoms with Crippen LogP contribution in [0.1, 0.15) is 30.2 Å². The second kappa shape index (κ2) is 9.49. The third-order valence-electron chi connectivity index (χ3n) is 5.64. The van der Waals surface area contributed by atoms with E-state index in [9.17, 15) is 4.79 Å². The van der Waals surface area contributed by atoms with Gasteiger partial charge in [-0.05, 0) is 74.8 Å². The molecule has 162 valence electrons. The van der Waals surface area contributed by atoms with Crippen LogP contribution in [0.15, 0.2) is 47.0 Å². The van der Waals surface area contributed by atoms with Crippen LogP contribution in [-0.2, 0) is 4.79 Å². The summed E-state index contributed by atoms with van der Waals surface area (Å²) < 4.78 is 10.7. The van der Waals surface area contributed by atoms with Crippen molar-refractivity contribution < 1.29 is 14.1 Å². The van der Waals surface area contributed by atoms with Crippen molar-refractivity contribution in [3.8, 4) is 17.1 Å². The van der Waals surface area contributed by atoms with Gasteiger partial charge in [-0.25, -0.2) is 0 Å². The average Bonchev–Trinajstić information content (AvgIpc) is 3.28. The van der Waals surface area contributed by atoms with E-state index in [1.807, 2.05) is 49.4 Å². The first-order valence-electron chi connectivity index (χ1n) is 10.3. The van der Waals surface area contributed by atoms with E-state index in [0.717, 1.165) is 48.5 Å². The molecule has 0 saturated carbocycles. The third-order valence-corrected chi connectivity index (χ3v) is 6.05. The molecule has 2 heterocycles. The number of rotatable bonds is 6. The van der Waals surface area contributed by atoms with Gasteiger partial charge in [-0.2, -0.15) is 4.98 Å². The Hall–Kier alpha value is -2.90. The molecular weight excluding hydrogens is 416 g/mol. The molecule has 0 atom stereocenters. The van der Waals surface area contributed by atoms with Gasteiger partial charge < -0.3 is 14.6 Å². The SMILES string of the molecule is COc1ccc(-c2noc(C3CCN(CC(=O)Nc4cccc(Cl)c4C)CC3)n2)cc1. The van der Waals surface area contributed by atoms with Crippen molar-refractivity contribution in [2.45, 2.75) is 25.7 Å². The van der Waals surface area contributed by atoms with Crippen molar-refractivity contribution in [3.05, 3.63) is 58.9 Å². The molecule has 0 bridgehead atoms. The Kier molecular flexibility index (Phi) is 6.53. The number of ether oxygens (including phenoxy) is 1. The van der Waals surface area contributed by atoms with E-state index in [0.29, 0.717) is 23.3 Å². The first kappa shape index (κ1) is 21.3. The summed E-state index contributed by atoms with van der Waals surface area (Å²) >= 11 is 6.13. The normalized spacial score (nSPS) is 15.1. The van der Waals surface area contributed by atoms with Crippen LogP contribution in [0.3, 0.4) is 0 Å². The van der Waals surface area contributed by atoms with Gasteiger partial charge in [0.25, 0.3) is 0 Å². The summed E-state index contributed by atoms with van der Waals surface area (Å²) in [6.07, 6.45) is 1.74. The lowest BCUT2D eigenvalue weighted by Gasteiger charge is -2.29. The average molecular weight is 441 g/mol. The van der Waals surface area contributed by atoms with E-state index in [2.05, 4.69) is 20.4 Å². The molecule has 1 N–H and O–H groups in total. The summed E-state index contributed by atoms with van der Waals surface area (Å²) in [7, 11) is 1.63. The van der Waals surface area contributed by atoms with Gasteiger partial charge in [0.05, 0.1) is 13.7 Å². The maximum Gasteiger partial charge on any atom is 0.238 e. The molecule has 1 fully saturated rings. The van der Waals surface area contributed by atoms with Crippen molar-refractivity contribution in [2.24, 2.45) is 0 Å². The molecule has 0 unspecified atom stereocenters. The van der Waals surface area contributed by atoms with Crippen LogP contribution in [0.2, 0.25) is 5.02 Å². The number of methoxy groups -OCH3 is 1. The van der Waals surface area contributed by atoms with Crippen molar-refractivity contribution in [1.82, 2.24) is 15.0 Å². The standard InChI is InChI=1S/C23H25ClN4O3/c1-15-19(24)4-3-5-20(15)25-21(29)14-28-12-10-17(11-13-28)23-26-22(27-31-23)16-6-8-18(30-2)9-7-16/h3-9,17H,10-14H2,1-2H3,(H,25,29). The minimum Gasteiger partial charge on any atom is -0.497 e. The maximum absolute atomic E-state index is 12.5. The highest BCUT2D eigenvalue weighted by atomic mass is 35.5. The highest BCUT2D eigenvalue weighted by Gasteiger charge is 2.26. The first-order valence-corrected chi connectivity index (χ1v) is 10.7. The number of hydrogen-bond donors (Lipinski definition) is 1. The van der Waals surface area contributed by atoms with Crippen molar-refractivity contribution in [1.29, 1.82) is 0 Å². The molecule has 1 aromatic heterocycles. The van der Waals surface area contributed by atoms with E-state index in [4.69, 9.17) is 20.9 Å². The van der Waals surface area contributed by atoms with E-state index in [-0.39, 0.29) is 11.8 Å². The Balaban J connectivity index is 1.30. The van der Waals surface area contributed by atoms with Crippen molar-refractivity contribution in [3.63, 3.8) is 0 Å². The largest absolute Gasteiger partial charge is 0.497 e. The monoisotopic (exact) mass is 440 g/mol. The fourth-order valence-electron chi connectivity index (χ4n) is 3.73. The number of carbonyl (C=O) groups is 1. The third kappa shape index (κ3) is 5.06. The quantitative estimate of drug-likeness (QED) is 0.606.